The smallest absolute Gasteiger partial charge is 0.252 e. The van der Waals surface area contributed by atoms with E-state index in [1.165, 1.54) is 13.1 Å². The molecule has 0 bridgehead atoms. The topological polar surface area (TPSA) is 69.7 Å². The van der Waals surface area contributed by atoms with Gasteiger partial charge in [-0.05, 0) is 36.2 Å². The Morgan fingerprint density at radius 2 is 1.86 bits per heavy atom. The molecule has 0 saturated carbocycles. The summed E-state index contributed by atoms with van der Waals surface area (Å²) in [6.45, 7) is 5.81. The first-order valence-corrected chi connectivity index (χ1v) is 11.8. The highest BCUT2D eigenvalue weighted by Crippen LogP contribution is 2.27. The summed E-state index contributed by atoms with van der Waals surface area (Å²) >= 11 is 7.50. The molecule has 1 heterocycles. The third kappa shape index (κ3) is 5.55. The summed E-state index contributed by atoms with van der Waals surface area (Å²) in [5.41, 5.74) is 0.938. The van der Waals surface area contributed by atoms with Gasteiger partial charge in [0.1, 0.15) is 4.21 Å². The number of thiophene rings is 1. The van der Waals surface area contributed by atoms with E-state index in [2.05, 4.69) is 24.1 Å². The molecule has 0 aliphatic rings. The average molecular weight is 444 g/mol. The van der Waals surface area contributed by atoms with Crippen LogP contribution in [0, 0.1) is 0 Å². The van der Waals surface area contributed by atoms with Gasteiger partial charge < -0.3 is 5.32 Å². The molecule has 1 N–H and O–H groups in total. The molecule has 154 valence electrons. The van der Waals surface area contributed by atoms with Crippen LogP contribution in [0.3, 0.4) is 0 Å². The van der Waals surface area contributed by atoms with E-state index >= 15 is 0 Å². The number of benzene rings is 1. The number of nitrogens with one attached hydrogen (secondary N) is 1. The SMILES string of the molecule is CCN(CC)C(CNC(=O)CN(C)S(=O)(=O)c1cccs1)c1ccccc1Cl. The van der Waals surface area contributed by atoms with Crippen molar-refractivity contribution >= 4 is 38.9 Å². The third-order valence-corrected chi connectivity index (χ3v) is 8.06. The fourth-order valence-corrected chi connectivity index (χ4v) is 5.55. The van der Waals surface area contributed by atoms with Gasteiger partial charge in [-0.3, -0.25) is 9.69 Å². The molecule has 0 aliphatic heterocycles. The standard InChI is InChI=1S/C19H26ClN3O3S2/c1-4-23(5-2)17(15-9-6-7-10-16(15)20)13-21-18(24)14-22(3)28(25,26)19-11-8-12-27-19/h6-12,17H,4-5,13-14H2,1-3H3,(H,21,24). The second-order valence-corrected chi connectivity index (χ2v) is 9.88. The maximum atomic E-state index is 12.5. The Labute approximate surface area is 176 Å². The number of carbonyl (C=O) groups is 1. The number of rotatable bonds is 10. The second kappa shape index (κ2) is 10.4. The first-order chi connectivity index (χ1) is 13.3. The average Bonchev–Trinajstić information content (AvgIpc) is 3.21. The van der Waals surface area contributed by atoms with E-state index in [0.29, 0.717) is 11.6 Å². The largest absolute Gasteiger partial charge is 0.353 e. The van der Waals surface area contributed by atoms with Gasteiger partial charge >= 0.3 is 0 Å². The molecule has 0 aliphatic carbocycles. The minimum atomic E-state index is -3.65. The molecule has 0 fully saturated rings. The second-order valence-electron chi connectivity index (χ2n) is 6.26. The van der Waals surface area contributed by atoms with Crippen LogP contribution in [-0.2, 0) is 14.8 Å². The summed E-state index contributed by atoms with van der Waals surface area (Å²) < 4.78 is 26.2. The zero-order chi connectivity index (χ0) is 20.7. The molecule has 1 aromatic heterocycles. The van der Waals surface area contributed by atoms with Crippen LogP contribution in [0.1, 0.15) is 25.5 Å². The van der Waals surface area contributed by atoms with Gasteiger partial charge in [0.05, 0.1) is 12.6 Å². The molecular formula is C19H26ClN3O3S2. The fourth-order valence-electron chi connectivity index (χ4n) is 2.96. The van der Waals surface area contributed by atoms with Crippen molar-refractivity contribution in [2.45, 2.75) is 24.1 Å². The fraction of sp³-hybridized carbons (Fsp3) is 0.421. The van der Waals surface area contributed by atoms with Gasteiger partial charge in [-0.25, -0.2) is 8.42 Å². The van der Waals surface area contributed by atoms with Gasteiger partial charge in [-0.15, -0.1) is 11.3 Å². The van der Waals surface area contributed by atoms with Crippen LogP contribution < -0.4 is 5.32 Å². The first kappa shape index (κ1) is 22.8. The Morgan fingerprint density at radius 3 is 2.43 bits per heavy atom. The van der Waals surface area contributed by atoms with Crippen LogP contribution in [0.25, 0.3) is 0 Å². The molecule has 0 saturated heterocycles. The summed E-state index contributed by atoms with van der Waals surface area (Å²) in [6.07, 6.45) is 0. The lowest BCUT2D eigenvalue weighted by Gasteiger charge is -2.31. The van der Waals surface area contributed by atoms with Crippen LogP contribution in [0.4, 0.5) is 0 Å². The Balaban J connectivity index is 2.06. The van der Waals surface area contributed by atoms with Crippen LogP contribution in [-0.4, -0.2) is 56.8 Å². The number of amides is 1. The molecule has 0 radical (unpaired) electrons. The van der Waals surface area contributed by atoms with E-state index in [9.17, 15) is 13.2 Å². The molecule has 0 spiro atoms. The maximum Gasteiger partial charge on any atom is 0.252 e. The number of likely N-dealkylation sites (N-methyl/N-ethyl adjacent to an activating group) is 2. The van der Waals surface area contributed by atoms with Crippen LogP contribution >= 0.6 is 22.9 Å². The highest BCUT2D eigenvalue weighted by molar-refractivity contribution is 7.91. The summed E-state index contributed by atoms with van der Waals surface area (Å²) in [4.78, 5) is 14.6. The molecule has 6 nitrogen and oxygen atoms in total. The Morgan fingerprint density at radius 1 is 1.18 bits per heavy atom. The molecule has 2 aromatic rings. The van der Waals surface area contributed by atoms with Crippen molar-refractivity contribution in [3.8, 4) is 0 Å². The number of nitrogens with zero attached hydrogens (tertiary/aromatic N) is 2. The zero-order valence-corrected chi connectivity index (χ0v) is 18.6. The van der Waals surface area contributed by atoms with Crippen molar-refractivity contribution in [2.24, 2.45) is 0 Å². The molecule has 1 unspecified atom stereocenters. The third-order valence-electron chi connectivity index (χ3n) is 4.54. The van der Waals surface area contributed by atoms with E-state index in [4.69, 9.17) is 11.6 Å². The molecule has 28 heavy (non-hydrogen) atoms. The minimum Gasteiger partial charge on any atom is -0.353 e. The quantitative estimate of drug-likeness (QED) is 0.612. The van der Waals surface area contributed by atoms with E-state index in [1.54, 1.807) is 11.4 Å². The predicted octanol–water partition coefficient (Wildman–Crippen LogP) is 3.22. The minimum absolute atomic E-state index is 0.0909. The Kier molecular flexibility index (Phi) is 8.45. The van der Waals surface area contributed by atoms with E-state index in [0.717, 1.165) is 34.3 Å². The van der Waals surface area contributed by atoms with Crippen LogP contribution in [0.5, 0.6) is 0 Å². The number of halogens is 1. The maximum absolute atomic E-state index is 12.5. The normalized spacial score (nSPS) is 13.1. The molecular weight excluding hydrogens is 418 g/mol. The lowest BCUT2D eigenvalue weighted by atomic mass is 10.0. The van der Waals surface area contributed by atoms with Crippen molar-refractivity contribution in [1.82, 2.24) is 14.5 Å². The molecule has 9 heteroatoms. The molecule has 1 amide bonds. The van der Waals surface area contributed by atoms with Gasteiger partial charge in [0.2, 0.25) is 5.91 Å². The highest BCUT2D eigenvalue weighted by atomic mass is 35.5. The summed E-state index contributed by atoms with van der Waals surface area (Å²) in [5.74, 6) is -0.355. The summed E-state index contributed by atoms with van der Waals surface area (Å²) in [6, 6.07) is 10.7. The first-order valence-electron chi connectivity index (χ1n) is 9.06. The van der Waals surface area contributed by atoms with Gasteiger partial charge in [-0.1, -0.05) is 49.7 Å². The molecule has 1 atom stereocenters. The van der Waals surface area contributed by atoms with E-state index < -0.39 is 10.0 Å². The van der Waals surface area contributed by atoms with Crippen molar-refractivity contribution in [2.75, 3.05) is 33.2 Å². The lowest BCUT2D eigenvalue weighted by Crippen LogP contribution is -2.42. The monoisotopic (exact) mass is 443 g/mol. The van der Waals surface area contributed by atoms with Gasteiger partial charge in [-0.2, -0.15) is 4.31 Å². The Bertz CT molecular complexity index is 868. The van der Waals surface area contributed by atoms with E-state index in [-0.39, 0.29) is 22.7 Å². The number of hydrogen-bond donors (Lipinski definition) is 1. The van der Waals surface area contributed by atoms with Crippen molar-refractivity contribution in [3.63, 3.8) is 0 Å². The van der Waals surface area contributed by atoms with Gasteiger partial charge in [0.15, 0.2) is 0 Å². The number of sulfonamides is 1. The van der Waals surface area contributed by atoms with Gasteiger partial charge in [0.25, 0.3) is 10.0 Å². The van der Waals surface area contributed by atoms with Crippen molar-refractivity contribution < 1.29 is 13.2 Å². The lowest BCUT2D eigenvalue weighted by molar-refractivity contribution is -0.121. The summed E-state index contributed by atoms with van der Waals surface area (Å²) in [7, 11) is -2.25. The Hall–Kier alpha value is -1.45. The van der Waals surface area contributed by atoms with Crippen molar-refractivity contribution in [1.29, 1.82) is 0 Å². The highest BCUT2D eigenvalue weighted by Gasteiger charge is 2.25. The number of carbonyl (C=O) groups excluding carboxylic acids is 1. The molecule has 2 rings (SSSR count). The van der Waals surface area contributed by atoms with Gasteiger partial charge in [0, 0.05) is 18.6 Å². The number of hydrogen-bond acceptors (Lipinski definition) is 5. The van der Waals surface area contributed by atoms with E-state index in [1.807, 2.05) is 24.3 Å². The summed E-state index contributed by atoms with van der Waals surface area (Å²) in [5, 5.41) is 5.20. The van der Waals surface area contributed by atoms with Crippen LogP contribution in [0.15, 0.2) is 46.0 Å². The van der Waals surface area contributed by atoms with Crippen LogP contribution in [0.2, 0.25) is 5.02 Å². The van der Waals surface area contributed by atoms with Crippen molar-refractivity contribution in [3.05, 3.63) is 52.4 Å². The predicted molar refractivity (Wildman–Crippen MR) is 114 cm³/mol. The molecule has 1 aromatic carbocycles. The zero-order valence-electron chi connectivity index (χ0n) is 16.3.